The van der Waals surface area contributed by atoms with E-state index in [0.717, 1.165) is 28.4 Å². The molecule has 140 valence electrons. The first kappa shape index (κ1) is 19.0. The summed E-state index contributed by atoms with van der Waals surface area (Å²) in [5.41, 5.74) is 5.82. The van der Waals surface area contributed by atoms with Crippen molar-refractivity contribution in [3.63, 3.8) is 0 Å². The van der Waals surface area contributed by atoms with Crippen LogP contribution in [0.5, 0.6) is 0 Å². The third kappa shape index (κ3) is 5.35. The van der Waals surface area contributed by atoms with Crippen molar-refractivity contribution in [3.05, 3.63) is 63.6 Å². The number of carbonyl (C=O) groups is 1. The summed E-state index contributed by atoms with van der Waals surface area (Å²) in [7, 11) is 1.96. The highest BCUT2D eigenvalue weighted by Crippen LogP contribution is 2.22. The first-order valence-electron chi connectivity index (χ1n) is 8.71. The van der Waals surface area contributed by atoms with Crippen LogP contribution in [-0.4, -0.2) is 36.9 Å². The van der Waals surface area contributed by atoms with Gasteiger partial charge in [0.2, 0.25) is 0 Å². The lowest BCUT2D eigenvalue weighted by Crippen LogP contribution is -2.24. The molecular weight excluding hydrogens is 358 g/mol. The second kappa shape index (κ2) is 8.75. The van der Waals surface area contributed by atoms with E-state index >= 15 is 0 Å². The number of nitrogens with zero attached hydrogens (tertiary/aromatic N) is 3. The smallest absolute Gasteiger partial charge is 0.265 e. The molecule has 7 heteroatoms. The third-order valence-corrected chi connectivity index (χ3v) is 5.06. The Labute approximate surface area is 163 Å². The summed E-state index contributed by atoms with van der Waals surface area (Å²) in [5, 5.41) is 4.90. The van der Waals surface area contributed by atoms with E-state index in [9.17, 15) is 4.79 Å². The van der Waals surface area contributed by atoms with Gasteiger partial charge < -0.3 is 10.7 Å². The Balaban J connectivity index is 1.59. The van der Waals surface area contributed by atoms with E-state index < -0.39 is 0 Å². The molecule has 0 radical (unpaired) electrons. The van der Waals surface area contributed by atoms with E-state index in [4.69, 9.17) is 0 Å². The summed E-state index contributed by atoms with van der Waals surface area (Å²) in [4.78, 5) is 23.0. The molecular formula is C20H23N5OS. The summed E-state index contributed by atoms with van der Waals surface area (Å²) in [5.74, 6) is -0.0862. The predicted octanol–water partition coefficient (Wildman–Crippen LogP) is 3.80. The molecule has 1 unspecified atom stereocenters. The molecule has 2 heterocycles. The number of benzene rings is 1. The van der Waals surface area contributed by atoms with Gasteiger partial charge in [0.15, 0.2) is 0 Å². The summed E-state index contributed by atoms with van der Waals surface area (Å²) >= 11 is 1.49. The normalized spacial score (nSPS) is 15.9. The van der Waals surface area contributed by atoms with Crippen molar-refractivity contribution in [2.75, 3.05) is 18.9 Å². The first-order chi connectivity index (χ1) is 13.0. The number of aryl methyl sites for hydroxylation is 1. The van der Waals surface area contributed by atoms with Gasteiger partial charge in [0.1, 0.15) is 0 Å². The van der Waals surface area contributed by atoms with Crippen LogP contribution in [0.3, 0.4) is 0 Å². The molecule has 3 rings (SSSR count). The first-order valence-corrected chi connectivity index (χ1v) is 9.53. The highest BCUT2D eigenvalue weighted by Gasteiger charge is 2.10. The zero-order valence-corrected chi connectivity index (χ0v) is 16.5. The summed E-state index contributed by atoms with van der Waals surface area (Å²) in [6.07, 6.45) is 5.28. The molecule has 0 fully saturated rings. The maximum atomic E-state index is 12.3. The van der Waals surface area contributed by atoms with Gasteiger partial charge >= 0.3 is 0 Å². The van der Waals surface area contributed by atoms with Crippen molar-refractivity contribution < 1.29 is 4.79 Å². The highest BCUT2D eigenvalue weighted by molar-refractivity contribution is 7.14. The van der Waals surface area contributed by atoms with Crippen LogP contribution in [-0.2, 0) is 0 Å². The molecule has 6 nitrogen and oxygen atoms in total. The third-order valence-electron chi connectivity index (χ3n) is 4.06. The minimum Gasteiger partial charge on any atom is -0.324 e. The number of thiophene rings is 1. The molecule has 1 aromatic heterocycles. The molecule has 1 aromatic carbocycles. The zero-order valence-electron chi connectivity index (χ0n) is 15.6. The summed E-state index contributed by atoms with van der Waals surface area (Å²) < 4.78 is 0. The lowest BCUT2D eigenvalue weighted by Gasteiger charge is -2.09. The molecule has 0 saturated heterocycles. The largest absolute Gasteiger partial charge is 0.324 e. The van der Waals surface area contributed by atoms with Crippen LogP contribution in [0.4, 0.5) is 5.69 Å². The number of amides is 1. The van der Waals surface area contributed by atoms with E-state index in [1.807, 2.05) is 68.5 Å². The van der Waals surface area contributed by atoms with Crippen molar-refractivity contribution in [1.29, 1.82) is 0 Å². The Morgan fingerprint density at radius 3 is 2.89 bits per heavy atom. The minimum atomic E-state index is -0.0862. The Kier molecular flexibility index (Phi) is 6.16. The standard InChI is InChI=1S/C20H23N5OS/c1-14-7-8-19(27-14)20(26)24-17-6-4-5-16(11-17)15(2)21-9-10-22-18-12-23-25(3)13-18/h4-12,15,23H,13H2,1-3H3,(H,24,26). The molecule has 1 atom stereocenters. The molecule has 0 saturated carbocycles. The number of anilines is 1. The fourth-order valence-corrected chi connectivity index (χ4v) is 3.37. The SMILES string of the molecule is Cc1ccc(C(=O)Nc2cccc(C(C)N=CC=NC3=CNN(C)C3)c2)s1. The number of nitrogens with one attached hydrogen (secondary N) is 2. The van der Waals surface area contributed by atoms with Gasteiger partial charge in [0.05, 0.1) is 23.2 Å². The Morgan fingerprint density at radius 2 is 2.19 bits per heavy atom. The zero-order chi connectivity index (χ0) is 19.2. The van der Waals surface area contributed by atoms with Crippen molar-refractivity contribution in [2.24, 2.45) is 9.98 Å². The fourth-order valence-electron chi connectivity index (χ4n) is 2.61. The van der Waals surface area contributed by atoms with Gasteiger partial charge in [-0.15, -0.1) is 11.3 Å². The van der Waals surface area contributed by atoms with Gasteiger partial charge in [-0.1, -0.05) is 12.1 Å². The summed E-state index contributed by atoms with van der Waals surface area (Å²) in [6, 6.07) is 11.5. The maximum Gasteiger partial charge on any atom is 0.265 e. The molecule has 1 aliphatic heterocycles. The summed E-state index contributed by atoms with van der Waals surface area (Å²) in [6.45, 7) is 4.77. The number of aliphatic imine (C=N–C) groups is 2. The van der Waals surface area contributed by atoms with Crippen LogP contribution in [0.2, 0.25) is 0 Å². The van der Waals surface area contributed by atoms with E-state index in [1.54, 1.807) is 12.4 Å². The quantitative estimate of drug-likeness (QED) is 0.748. The predicted molar refractivity (Wildman–Crippen MR) is 113 cm³/mol. The van der Waals surface area contributed by atoms with Crippen LogP contribution in [0.25, 0.3) is 0 Å². The molecule has 27 heavy (non-hydrogen) atoms. The molecule has 1 aliphatic rings. The van der Waals surface area contributed by atoms with Crippen LogP contribution < -0.4 is 10.7 Å². The van der Waals surface area contributed by atoms with Crippen LogP contribution in [0.1, 0.15) is 33.1 Å². The van der Waals surface area contributed by atoms with Gasteiger partial charge in [0.25, 0.3) is 5.91 Å². The van der Waals surface area contributed by atoms with Gasteiger partial charge in [0, 0.05) is 36.2 Å². The minimum absolute atomic E-state index is 0.0318. The van der Waals surface area contributed by atoms with Crippen molar-refractivity contribution in [2.45, 2.75) is 19.9 Å². The van der Waals surface area contributed by atoms with Crippen LogP contribution >= 0.6 is 11.3 Å². The Bertz CT molecular complexity index is 899. The maximum absolute atomic E-state index is 12.3. The second-order valence-electron chi connectivity index (χ2n) is 6.36. The van der Waals surface area contributed by atoms with Gasteiger partial charge in [-0.25, -0.2) is 5.01 Å². The molecule has 1 amide bonds. The topological polar surface area (TPSA) is 69.1 Å². The van der Waals surface area contributed by atoms with Gasteiger partial charge in [-0.2, -0.15) is 0 Å². The highest BCUT2D eigenvalue weighted by atomic mass is 32.1. The molecule has 0 bridgehead atoms. The number of carbonyl (C=O) groups excluding carboxylic acids is 1. The number of hydrogen-bond donors (Lipinski definition) is 2. The van der Waals surface area contributed by atoms with Gasteiger partial charge in [-0.05, 0) is 43.7 Å². The molecule has 2 aromatic rings. The Hall–Kier alpha value is -2.77. The second-order valence-corrected chi connectivity index (χ2v) is 7.65. The van der Waals surface area contributed by atoms with E-state index in [-0.39, 0.29) is 11.9 Å². The average molecular weight is 382 g/mol. The van der Waals surface area contributed by atoms with Crippen molar-refractivity contribution in [3.8, 4) is 0 Å². The molecule has 0 aliphatic carbocycles. The average Bonchev–Trinajstić information content (AvgIpc) is 3.27. The van der Waals surface area contributed by atoms with E-state index in [0.29, 0.717) is 4.88 Å². The van der Waals surface area contributed by atoms with E-state index in [2.05, 4.69) is 20.7 Å². The Morgan fingerprint density at radius 1 is 1.33 bits per heavy atom. The number of hydrazine groups is 1. The lowest BCUT2D eigenvalue weighted by atomic mass is 10.1. The number of rotatable bonds is 6. The van der Waals surface area contributed by atoms with E-state index in [1.165, 1.54) is 11.3 Å². The van der Waals surface area contributed by atoms with Crippen LogP contribution in [0, 0.1) is 6.92 Å². The molecule has 0 spiro atoms. The van der Waals surface area contributed by atoms with Crippen LogP contribution in [0.15, 0.2) is 58.3 Å². The van der Waals surface area contributed by atoms with Gasteiger partial charge in [-0.3, -0.25) is 14.8 Å². The lowest BCUT2D eigenvalue weighted by molar-refractivity contribution is 0.103. The van der Waals surface area contributed by atoms with Crippen molar-refractivity contribution in [1.82, 2.24) is 10.4 Å². The number of hydrogen-bond acceptors (Lipinski definition) is 6. The number of likely N-dealkylation sites (N-methyl/N-ethyl adjacent to an activating group) is 1. The van der Waals surface area contributed by atoms with Crippen molar-refractivity contribution >= 4 is 35.4 Å². The molecule has 2 N–H and O–H groups in total. The monoisotopic (exact) mass is 381 g/mol. The fraction of sp³-hybridized carbons (Fsp3) is 0.250.